The van der Waals surface area contributed by atoms with E-state index in [0.717, 1.165) is 19.3 Å². The maximum Gasteiger partial charge on any atom is 0.0665 e. The fraction of sp³-hybridized carbons (Fsp3) is 0.684. The van der Waals surface area contributed by atoms with Gasteiger partial charge in [0.25, 0.3) is 0 Å². The number of rotatable bonds is 2. The fourth-order valence-electron chi connectivity index (χ4n) is 3.90. The first-order chi connectivity index (χ1) is 10.4. The summed E-state index contributed by atoms with van der Waals surface area (Å²) in [7, 11) is 0. The van der Waals surface area contributed by atoms with Crippen molar-refractivity contribution < 1.29 is 10.2 Å². The molecule has 0 aliphatic heterocycles. The number of hydrogen-bond acceptors (Lipinski definition) is 3. The van der Waals surface area contributed by atoms with Crippen LogP contribution in [0.1, 0.15) is 57.4 Å². The van der Waals surface area contributed by atoms with Gasteiger partial charge in [0.1, 0.15) is 0 Å². The molecule has 0 spiro atoms. The lowest BCUT2D eigenvalue weighted by Crippen LogP contribution is -2.41. The first-order valence-electron chi connectivity index (χ1n) is 8.57. The van der Waals surface area contributed by atoms with E-state index in [4.69, 9.17) is 5.73 Å². The van der Waals surface area contributed by atoms with Gasteiger partial charge in [-0.1, -0.05) is 43.7 Å². The van der Waals surface area contributed by atoms with Crippen LogP contribution < -0.4 is 5.73 Å². The molecular formula is C19H31NO2. The second kappa shape index (κ2) is 7.58. The molecule has 0 aromatic heterocycles. The Balaban J connectivity index is 2.26. The van der Waals surface area contributed by atoms with E-state index in [1.165, 1.54) is 5.56 Å². The molecule has 1 aliphatic carbocycles. The summed E-state index contributed by atoms with van der Waals surface area (Å²) in [4.78, 5) is 0. The van der Waals surface area contributed by atoms with Crippen LogP contribution >= 0.6 is 0 Å². The highest BCUT2D eigenvalue weighted by molar-refractivity contribution is 5.20. The highest BCUT2D eigenvalue weighted by atomic mass is 16.3. The third-order valence-corrected chi connectivity index (χ3v) is 5.33. The maximum atomic E-state index is 11.0. The van der Waals surface area contributed by atoms with Gasteiger partial charge in [-0.3, -0.25) is 0 Å². The lowest BCUT2D eigenvalue weighted by atomic mass is 9.73. The monoisotopic (exact) mass is 305 g/mol. The number of aliphatic hydroxyl groups excluding tert-OH is 1. The van der Waals surface area contributed by atoms with Crippen molar-refractivity contribution in [3.8, 4) is 0 Å². The molecular weight excluding hydrogens is 274 g/mol. The van der Waals surface area contributed by atoms with Crippen LogP contribution in [-0.2, 0) is 0 Å². The number of nitrogens with two attached hydrogens (primary N) is 1. The van der Waals surface area contributed by atoms with Crippen LogP contribution in [0.3, 0.4) is 0 Å². The molecule has 22 heavy (non-hydrogen) atoms. The van der Waals surface area contributed by atoms with E-state index >= 15 is 0 Å². The molecule has 1 fully saturated rings. The van der Waals surface area contributed by atoms with Crippen molar-refractivity contribution in [1.29, 1.82) is 0 Å². The molecule has 0 bridgehead atoms. The molecule has 124 valence electrons. The van der Waals surface area contributed by atoms with Crippen molar-refractivity contribution in [3.05, 3.63) is 35.9 Å². The van der Waals surface area contributed by atoms with E-state index in [9.17, 15) is 10.2 Å². The average molecular weight is 305 g/mol. The molecule has 1 aromatic carbocycles. The summed E-state index contributed by atoms with van der Waals surface area (Å²) in [5.41, 5.74) is 6.35. The lowest BCUT2D eigenvalue weighted by Gasteiger charge is -2.38. The molecule has 0 saturated heterocycles. The average Bonchev–Trinajstić information content (AvgIpc) is 2.46. The zero-order chi connectivity index (χ0) is 16.2. The predicted octanol–water partition coefficient (Wildman–Crippen LogP) is 3.06. The van der Waals surface area contributed by atoms with Gasteiger partial charge in [0, 0.05) is 0 Å². The standard InChI is InChI=1S/C19H31NO2/c1-14-8-9-17(13-20)19(2,22)12-16(11-18(21)10-14)15-6-4-3-5-7-15/h3-7,14,16-18,21-22H,8-13,20H2,1-2H3/t14-,16-,17+,18+,19-/m1/s1. The van der Waals surface area contributed by atoms with Crippen LogP contribution in [-0.4, -0.2) is 28.5 Å². The van der Waals surface area contributed by atoms with E-state index in [-0.39, 0.29) is 17.9 Å². The SMILES string of the molecule is C[C@@H]1CC[C@@H](CN)[C@](C)(O)C[C@H](c2ccccc2)C[C@@H](O)C1. The summed E-state index contributed by atoms with van der Waals surface area (Å²) < 4.78 is 0. The van der Waals surface area contributed by atoms with Gasteiger partial charge in [0.2, 0.25) is 0 Å². The molecule has 3 heteroatoms. The molecule has 0 heterocycles. The molecule has 1 aliphatic rings. The Bertz CT molecular complexity index is 446. The molecule has 1 saturated carbocycles. The van der Waals surface area contributed by atoms with Crippen LogP contribution in [0, 0.1) is 11.8 Å². The van der Waals surface area contributed by atoms with Crippen molar-refractivity contribution in [1.82, 2.24) is 0 Å². The van der Waals surface area contributed by atoms with Crippen LogP contribution in [0.5, 0.6) is 0 Å². The summed E-state index contributed by atoms with van der Waals surface area (Å²) in [6, 6.07) is 10.2. The molecule has 0 amide bonds. The molecule has 0 unspecified atom stereocenters. The van der Waals surface area contributed by atoms with E-state index in [1.807, 2.05) is 25.1 Å². The van der Waals surface area contributed by atoms with Gasteiger partial charge in [0.05, 0.1) is 11.7 Å². The van der Waals surface area contributed by atoms with Gasteiger partial charge >= 0.3 is 0 Å². The summed E-state index contributed by atoms with van der Waals surface area (Å²) >= 11 is 0. The Morgan fingerprint density at radius 1 is 1.18 bits per heavy atom. The quantitative estimate of drug-likeness (QED) is 0.786. The Labute approximate surface area is 134 Å². The first-order valence-corrected chi connectivity index (χ1v) is 8.57. The molecule has 5 atom stereocenters. The Morgan fingerprint density at radius 3 is 2.50 bits per heavy atom. The van der Waals surface area contributed by atoms with Crippen molar-refractivity contribution in [2.24, 2.45) is 17.6 Å². The van der Waals surface area contributed by atoms with Gasteiger partial charge in [-0.2, -0.15) is 0 Å². The molecule has 0 radical (unpaired) electrons. The normalized spacial score (nSPS) is 37.7. The lowest BCUT2D eigenvalue weighted by molar-refractivity contribution is -0.0256. The number of aliphatic hydroxyl groups is 2. The predicted molar refractivity (Wildman–Crippen MR) is 90.6 cm³/mol. The highest BCUT2D eigenvalue weighted by Crippen LogP contribution is 2.38. The van der Waals surface area contributed by atoms with Gasteiger partial charge in [-0.25, -0.2) is 0 Å². The van der Waals surface area contributed by atoms with Gasteiger partial charge < -0.3 is 15.9 Å². The third-order valence-electron chi connectivity index (χ3n) is 5.33. The summed E-state index contributed by atoms with van der Waals surface area (Å²) in [5.74, 6) is 0.760. The Hall–Kier alpha value is -0.900. The van der Waals surface area contributed by atoms with Crippen molar-refractivity contribution >= 4 is 0 Å². The van der Waals surface area contributed by atoms with E-state index in [1.54, 1.807) is 0 Å². The fourth-order valence-corrected chi connectivity index (χ4v) is 3.90. The van der Waals surface area contributed by atoms with Crippen molar-refractivity contribution in [2.45, 2.75) is 63.6 Å². The van der Waals surface area contributed by atoms with Gasteiger partial charge in [-0.05, 0) is 62.5 Å². The van der Waals surface area contributed by atoms with Gasteiger partial charge in [0.15, 0.2) is 0 Å². The Morgan fingerprint density at radius 2 is 1.86 bits per heavy atom. The van der Waals surface area contributed by atoms with E-state index in [2.05, 4.69) is 19.1 Å². The van der Waals surface area contributed by atoms with E-state index in [0.29, 0.717) is 25.3 Å². The van der Waals surface area contributed by atoms with Crippen LogP contribution in [0.25, 0.3) is 0 Å². The zero-order valence-electron chi connectivity index (χ0n) is 13.9. The maximum absolute atomic E-state index is 11.0. The minimum Gasteiger partial charge on any atom is -0.393 e. The highest BCUT2D eigenvalue weighted by Gasteiger charge is 2.35. The topological polar surface area (TPSA) is 66.5 Å². The first kappa shape index (κ1) is 17.5. The molecule has 3 nitrogen and oxygen atoms in total. The summed E-state index contributed by atoms with van der Waals surface area (Å²) in [5, 5.41) is 21.4. The minimum atomic E-state index is -0.786. The number of hydrogen-bond donors (Lipinski definition) is 3. The molecule has 4 N–H and O–H groups in total. The second-order valence-electron chi connectivity index (χ2n) is 7.41. The second-order valence-corrected chi connectivity index (χ2v) is 7.41. The molecule has 2 rings (SSSR count). The smallest absolute Gasteiger partial charge is 0.0665 e. The number of benzene rings is 1. The Kier molecular flexibility index (Phi) is 6.01. The van der Waals surface area contributed by atoms with E-state index < -0.39 is 5.60 Å². The minimum absolute atomic E-state index is 0.122. The molecule has 1 aromatic rings. The van der Waals surface area contributed by atoms with Crippen LogP contribution in [0.4, 0.5) is 0 Å². The van der Waals surface area contributed by atoms with Crippen LogP contribution in [0.15, 0.2) is 30.3 Å². The van der Waals surface area contributed by atoms with Crippen molar-refractivity contribution in [2.75, 3.05) is 6.54 Å². The van der Waals surface area contributed by atoms with Gasteiger partial charge in [-0.15, -0.1) is 0 Å². The summed E-state index contributed by atoms with van der Waals surface area (Å²) in [6.45, 7) is 4.62. The van der Waals surface area contributed by atoms with Crippen LogP contribution in [0.2, 0.25) is 0 Å². The third kappa shape index (κ3) is 4.55. The zero-order valence-corrected chi connectivity index (χ0v) is 13.9. The largest absolute Gasteiger partial charge is 0.393 e. The van der Waals surface area contributed by atoms with Crippen molar-refractivity contribution in [3.63, 3.8) is 0 Å². The summed E-state index contributed by atoms with van der Waals surface area (Å²) in [6.07, 6.45) is 3.85.